The molecule has 0 saturated heterocycles. The van der Waals surface area contributed by atoms with E-state index in [4.69, 9.17) is 0 Å². The van der Waals surface area contributed by atoms with Crippen molar-refractivity contribution in [2.75, 3.05) is 18.5 Å². The Balaban J connectivity index is 1.99. The smallest absolute Gasteiger partial charge is 0.155 e. The Bertz CT molecular complexity index is 546. The minimum Gasteiger partial charge on any atom is -0.328 e. The molecule has 0 aliphatic carbocycles. The van der Waals surface area contributed by atoms with Crippen molar-refractivity contribution in [2.24, 2.45) is 5.92 Å². The molecule has 4 nitrogen and oxygen atoms in total. The van der Waals surface area contributed by atoms with Gasteiger partial charge < -0.3 is 10.2 Å². The van der Waals surface area contributed by atoms with Gasteiger partial charge in [0.25, 0.3) is 0 Å². The molecular weight excluding hydrogens is 260 g/mol. The number of benzene rings is 1. The molecule has 1 aromatic heterocycles. The van der Waals surface area contributed by atoms with Gasteiger partial charge in [-0.1, -0.05) is 31.5 Å². The second-order valence-electron chi connectivity index (χ2n) is 5.80. The quantitative estimate of drug-likeness (QED) is 0.883. The van der Waals surface area contributed by atoms with E-state index in [0.29, 0.717) is 5.92 Å². The molecule has 0 saturated carbocycles. The van der Waals surface area contributed by atoms with Crippen molar-refractivity contribution in [3.63, 3.8) is 0 Å². The van der Waals surface area contributed by atoms with Gasteiger partial charge in [-0.3, -0.25) is 0 Å². The molecule has 112 valence electrons. The highest BCUT2D eigenvalue weighted by Crippen LogP contribution is 2.21. The molecule has 0 fully saturated rings. The van der Waals surface area contributed by atoms with Crippen molar-refractivity contribution >= 4 is 11.5 Å². The molecule has 21 heavy (non-hydrogen) atoms. The van der Waals surface area contributed by atoms with Crippen molar-refractivity contribution < 1.29 is 0 Å². The van der Waals surface area contributed by atoms with E-state index in [1.165, 1.54) is 5.56 Å². The minimum atomic E-state index is 0.643. The van der Waals surface area contributed by atoms with E-state index >= 15 is 0 Å². The first kappa shape index (κ1) is 15.4. The summed E-state index contributed by atoms with van der Waals surface area (Å²) in [6.45, 7) is 8.23. The van der Waals surface area contributed by atoms with Crippen molar-refractivity contribution in [1.82, 2.24) is 15.5 Å². The number of nitrogens with one attached hydrogen (secondary N) is 1. The largest absolute Gasteiger partial charge is 0.328 e. The van der Waals surface area contributed by atoms with E-state index in [-0.39, 0.29) is 0 Å². The van der Waals surface area contributed by atoms with E-state index in [0.717, 1.165) is 30.3 Å². The number of hydrogen-bond donors (Lipinski definition) is 1. The van der Waals surface area contributed by atoms with Gasteiger partial charge in [-0.05, 0) is 43.7 Å². The molecule has 0 radical (unpaired) electrons. The average Bonchev–Trinajstić information content (AvgIpc) is 2.48. The summed E-state index contributed by atoms with van der Waals surface area (Å²) in [7, 11) is 2.01. The Labute approximate surface area is 127 Å². The summed E-state index contributed by atoms with van der Waals surface area (Å²) in [5.74, 6) is 1.50. The number of aryl methyl sites for hydroxylation is 1. The predicted octanol–water partition coefficient (Wildman–Crippen LogP) is 3.30. The number of hydrogen-bond acceptors (Lipinski definition) is 4. The molecule has 1 aromatic carbocycles. The third-order valence-electron chi connectivity index (χ3n) is 3.33. The van der Waals surface area contributed by atoms with Gasteiger partial charge in [0.05, 0.1) is 5.69 Å². The fraction of sp³-hybridized carbons (Fsp3) is 0.412. The minimum absolute atomic E-state index is 0.643. The van der Waals surface area contributed by atoms with Gasteiger partial charge in [0.2, 0.25) is 0 Å². The maximum absolute atomic E-state index is 4.31. The zero-order valence-electron chi connectivity index (χ0n) is 13.3. The summed E-state index contributed by atoms with van der Waals surface area (Å²) >= 11 is 0. The molecule has 0 atom stereocenters. The van der Waals surface area contributed by atoms with Gasteiger partial charge in [-0.15, -0.1) is 5.10 Å². The standard InChI is InChI=1S/C17H24N4/c1-13(2)11-18-12-15-7-10-17(20-19-15)21(4)16-8-5-14(3)6-9-16/h5-10,13,18H,11-12H2,1-4H3. The van der Waals surface area contributed by atoms with E-state index in [1.54, 1.807) is 0 Å². The number of nitrogens with zero attached hydrogens (tertiary/aromatic N) is 3. The summed E-state index contributed by atoms with van der Waals surface area (Å²) in [5, 5.41) is 12.0. The fourth-order valence-corrected chi connectivity index (χ4v) is 2.02. The Morgan fingerprint density at radius 2 is 1.76 bits per heavy atom. The zero-order chi connectivity index (χ0) is 15.2. The van der Waals surface area contributed by atoms with E-state index in [1.807, 2.05) is 24.1 Å². The van der Waals surface area contributed by atoms with Crippen LogP contribution in [0.1, 0.15) is 25.1 Å². The Morgan fingerprint density at radius 3 is 2.33 bits per heavy atom. The summed E-state index contributed by atoms with van der Waals surface area (Å²) < 4.78 is 0. The van der Waals surface area contributed by atoms with Gasteiger partial charge >= 0.3 is 0 Å². The predicted molar refractivity (Wildman–Crippen MR) is 87.8 cm³/mol. The highest BCUT2D eigenvalue weighted by Gasteiger charge is 2.06. The Kier molecular flexibility index (Phi) is 5.28. The van der Waals surface area contributed by atoms with Crippen LogP contribution in [0.3, 0.4) is 0 Å². The van der Waals surface area contributed by atoms with E-state index in [9.17, 15) is 0 Å². The second kappa shape index (κ2) is 7.18. The van der Waals surface area contributed by atoms with Crippen LogP contribution in [0.25, 0.3) is 0 Å². The first-order chi connectivity index (χ1) is 10.1. The van der Waals surface area contributed by atoms with Crippen LogP contribution in [0.2, 0.25) is 0 Å². The first-order valence-corrected chi connectivity index (χ1v) is 7.40. The van der Waals surface area contributed by atoms with Gasteiger partial charge in [0, 0.05) is 19.3 Å². The van der Waals surface area contributed by atoms with Crippen LogP contribution in [0.5, 0.6) is 0 Å². The number of rotatable bonds is 6. The maximum atomic E-state index is 4.31. The van der Waals surface area contributed by atoms with Gasteiger partial charge in [-0.25, -0.2) is 0 Å². The molecule has 1 N–H and O–H groups in total. The number of anilines is 2. The van der Waals surface area contributed by atoms with Crippen LogP contribution in [0.15, 0.2) is 36.4 Å². The molecule has 1 heterocycles. The van der Waals surface area contributed by atoms with Gasteiger partial charge in [-0.2, -0.15) is 5.10 Å². The molecule has 0 amide bonds. The highest BCUT2D eigenvalue weighted by atomic mass is 15.2. The topological polar surface area (TPSA) is 41.0 Å². The second-order valence-corrected chi connectivity index (χ2v) is 5.80. The van der Waals surface area contributed by atoms with Crippen molar-refractivity contribution in [2.45, 2.75) is 27.3 Å². The van der Waals surface area contributed by atoms with Crippen molar-refractivity contribution in [1.29, 1.82) is 0 Å². The van der Waals surface area contributed by atoms with Crippen molar-refractivity contribution in [3.05, 3.63) is 47.7 Å². The fourth-order valence-electron chi connectivity index (χ4n) is 2.02. The van der Waals surface area contributed by atoms with Crippen LogP contribution >= 0.6 is 0 Å². The zero-order valence-corrected chi connectivity index (χ0v) is 13.3. The maximum Gasteiger partial charge on any atom is 0.155 e. The van der Waals surface area contributed by atoms with E-state index in [2.05, 4.69) is 60.6 Å². The third kappa shape index (κ3) is 4.53. The lowest BCUT2D eigenvalue weighted by atomic mass is 10.2. The lowest BCUT2D eigenvalue weighted by Gasteiger charge is -2.18. The highest BCUT2D eigenvalue weighted by molar-refractivity contribution is 5.58. The van der Waals surface area contributed by atoms with Crippen LogP contribution in [0, 0.1) is 12.8 Å². The first-order valence-electron chi connectivity index (χ1n) is 7.40. The lowest BCUT2D eigenvalue weighted by Crippen LogP contribution is -2.20. The Morgan fingerprint density at radius 1 is 1.05 bits per heavy atom. The molecule has 2 rings (SSSR count). The van der Waals surface area contributed by atoms with Crippen LogP contribution in [-0.2, 0) is 6.54 Å². The molecule has 0 bridgehead atoms. The molecular formula is C17H24N4. The molecule has 0 unspecified atom stereocenters. The summed E-state index contributed by atoms with van der Waals surface area (Å²) in [6.07, 6.45) is 0. The van der Waals surface area contributed by atoms with Gasteiger partial charge in [0.1, 0.15) is 0 Å². The third-order valence-corrected chi connectivity index (χ3v) is 3.33. The van der Waals surface area contributed by atoms with Crippen molar-refractivity contribution in [3.8, 4) is 0 Å². The monoisotopic (exact) mass is 284 g/mol. The van der Waals surface area contributed by atoms with E-state index < -0.39 is 0 Å². The molecule has 4 heteroatoms. The average molecular weight is 284 g/mol. The molecule has 0 spiro atoms. The SMILES string of the molecule is Cc1ccc(N(C)c2ccc(CNCC(C)C)nn2)cc1. The Hall–Kier alpha value is -1.94. The summed E-state index contributed by atoms with van der Waals surface area (Å²) in [4.78, 5) is 2.04. The number of aromatic nitrogens is 2. The van der Waals surface area contributed by atoms with Gasteiger partial charge in [0.15, 0.2) is 5.82 Å². The molecule has 0 aliphatic heterocycles. The molecule has 2 aromatic rings. The van der Waals surface area contributed by atoms with Crippen LogP contribution in [-0.4, -0.2) is 23.8 Å². The van der Waals surface area contributed by atoms with Crippen LogP contribution in [0.4, 0.5) is 11.5 Å². The van der Waals surface area contributed by atoms with Crippen LogP contribution < -0.4 is 10.2 Å². The summed E-state index contributed by atoms with van der Waals surface area (Å²) in [5.41, 5.74) is 3.34. The summed E-state index contributed by atoms with van der Waals surface area (Å²) in [6, 6.07) is 12.4. The molecule has 0 aliphatic rings. The normalized spacial score (nSPS) is 10.9. The lowest BCUT2D eigenvalue weighted by molar-refractivity contribution is 0.546.